The molecule has 0 spiro atoms. The predicted octanol–water partition coefficient (Wildman–Crippen LogP) is 5.68. The first-order chi connectivity index (χ1) is 16.5. The van der Waals surface area contributed by atoms with Crippen LogP contribution in [0.15, 0.2) is 72.8 Å². The van der Waals surface area contributed by atoms with Crippen molar-refractivity contribution < 1.29 is 22.6 Å². The summed E-state index contributed by atoms with van der Waals surface area (Å²) in [5.74, 6) is 1.27. The minimum atomic E-state index is -4.36. The summed E-state index contributed by atoms with van der Waals surface area (Å²) in [6.45, 7) is 6.05. The van der Waals surface area contributed by atoms with Gasteiger partial charge in [0.15, 0.2) is 11.5 Å². The quantitative estimate of drug-likeness (QED) is 0.460. The number of halogens is 3. The SMILES string of the molecule is CCOc1cc(C(c2ccc(C(F)(F)F)cc2)N2CCNCC2)ccc1OCc1ccccc1. The van der Waals surface area contributed by atoms with Crippen molar-refractivity contribution in [1.82, 2.24) is 10.2 Å². The molecule has 3 aromatic rings. The van der Waals surface area contributed by atoms with E-state index in [1.165, 1.54) is 0 Å². The number of nitrogens with zero attached hydrogens (tertiary/aromatic N) is 1. The van der Waals surface area contributed by atoms with E-state index in [1.807, 2.05) is 55.5 Å². The molecule has 1 fully saturated rings. The van der Waals surface area contributed by atoms with Crippen molar-refractivity contribution in [3.8, 4) is 11.5 Å². The summed E-state index contributed by atoms with van der Waals surface area (Å²) in [5, 5.41) is 3.34. The Morgan fingerprint density at radius 1 is 0.853 bits per heavy atom. The fraction of sp³-hybridized carbons (Fsp3) is 0.333. The van der Waals surface area contributed by atoms with Crippen LogP contribution in [0.25, 0.3) is 0 Å². The summed E-state index contributed by atoms with van der Waals surface area (Å²) in [7, 11) is 0. The van der Waals surface area contributed by atoms with Crippen LogP contribution in [0.1, 0.15) is 35.2 Å². The molecule has 1 unspecified atom stereocenters. The van der Waals surface area contributed by atoms with Gasteiger partial charge in [-0.2, -0.15) is 13.2 Å². The number of ether oxygens (including phenoxy) is 2. The van der Waals surface area contributed by atoms with Crippen molar-refractivity contribution in [2.24, 2.45) is 0 Å². The Balaban J connectivity index is 1.65. The monoisotopic (exact) mass is 470 g/mol. The van der Waals surface area contributed by atoms with Gasteiger partial charge in [-0.15, -0.1) is 0 Å². The van der Waals surface area contributed by atoms with Gasteiger partial charge in [0, 0.05) is 26.2 Å². The molecule has 1 saturated heterocycles. The molecule has 0 saturated carbocycles. The largest absolute Gasteiger partial charge is 0.490 e. The van der Waals surface area contributed by atoms with Gasteiger partial charge in [0.25, 0.3) is 0 Å². The molecule has 1 aliphatic heterocycles. The minimum Gasteiger partial charge on any atom is -0.490 e. The van der Waals surface area contributed by atoms with E-state index >= 15 is 0 Å². The highest BCUT2D eigenvalue weighted by Crippen LogP contribution is 2.37. The van der Waals surface area contributed by atoms with Gasteiger partial charge in [-0.05, 0) is 47.9 Å². The van der Waals surface area contributed by atoms with Gasteiger partial charge in [-0.25, -0.2) is 0 Å². The van der Waals surface area contributed by atoms with E-state index in [0.717, 1.165) is 55.0 Å². The number of alkyl halides is 3. The highest BCUT2D eigenvalue weighted by atomic mass is 19.4. The van der Waals surface area contributed by atoms with E-state index in [4.69, 9.17) is 9.47 Å². The molecular formula is C27H29F3N2O2. The molecule has 1 atom stereocenters. The number of nitrogens with one attached hydrogen (secondary N) is 1. The molecule has 0 amide bonds. The van der Waals surface area contributed by atoms with Gasteiger partial charge in [-0.1, -0.05) is 48.5 Å². The van der Waals surface area contributed by atoms with Gasteiger partial charge in [-0.3, -0.25) is 4.90 Å². The van der Waals surface area contributed by atoms with Crippen molar-refractivity contribution in [2.45, 2.75) is 25.7 Å². The Hall–Kier alpha value is -3.03. The number of hydrogen-bond donors (Lipinski definition) is 1. The molecule has 1 heterocycles. The lowest BCUT2D eigenvalue weighted by atomic mass is 9.95. The molecule has 0 radical (unpaired) electrons. The third-order valence-electron chi connectivity index (χ3n) is 5.89. The van der Waals surface area contributed by atoms with Crippen LogP contribution in [-0.2, 0) is 12.8 Å². The number of rotatable bonds is 8. The van der Waals surface area contributed by atoms with Crippen molar-refractivity contribution in [1.29, 1.82) is 0 Å². The zero-order valence-electron chi connectivity index (χ0n) is 19.1. The zero-order chi connectivity index (χ0) is 24.0. The molecule has 3 aromatic carbocycles. The molecular weight excluding hydrogens is 441 g/mol. The second kappa shape index (κ2) is 10.9. The molecule has 1 aliphatic rings. The zero-order valence-corrected chi connectivity index (χ0v) is 19.1. The maximum atomic E-state index is 13.1. The summed E-state index contributed by atoms with van der Waals surface area (Å²) < 4.78 is 51.3. The minimum absolute atomic E-state index is 0.188. The number of hydrogen-bond acceptors (Lipinski definition) is 4. The lowest BCUT2D eigenvalue weighted by Gasteiger charge is -2.36. The summed E-state index contributed by atoms with van der Waals surface area (Å²) in [4.78, 5) is 2.29. The van der Waals surface area contributed by atoms with Crippen LogP contribution in [0, 0.1) is 0 Å². The van der Waals surface area contributed by atoms with E-state index in [-0.39, 0.29) is 6.04 Å². The van der Waals surface area contributed by atoms with Crippen molar-refractivity contribution in [3.63, 3.8) is 0 Å². The summed E-state index contributed by atoms with van der Waals surface area (Å²) in [6.07, 6.45) is -4.36. The standard InChI is InChI=1S/C27H29F3N2O2/c1-2-33-25-18-22(10-13-24(25)34-19-20-6-4-3-5-7-20)26(32-16-14-31-15-17-32)21-8-11-23(12-9-21)27(28,29)30/h3-13,18,26,31H,2,14-17,19H2,1H3. The van der Waals surface area contributed by atoms with Crippen molar-refractivity contribution in [3.05, 3.63) is 95.1 Å². The van der Waals surface area contributed by atoms with Gasteiger partial charge >= 0.3 is 6.18 Å². The Kier molecular flexibility index (Phi) is 7.75. The van der Waals surface area contributed by atoms with Crippen LogP contribution in [0.5, 0.6) is 11.5 Å². The first-order valence-corrected chi connectivity index (χ1v) is 11.5. The third kappa shape index (κ3) is 5.90. The average Bonchev–Trinajstić information content (AvgIpc) is 2.85. The van der Waals surface area contributed by atoms with E-state index in [9.17, 15) is 13.2 Å². The van der Waals surface area contributed by atoms with Crippen LogP contribution in [0.4, 0.5) is 13.2 Å². The first-order valence-electron chi connectivity index (χ1n) is 11.5. The summed E-state index contributed by atoms with van der Waals surface area (Å²) >= 11 is 0. The second-order valence-corrected chi connectivity index (χ2v) is 8.22. The van der Waals surface area contributed by atoms with Crippen molar-refractivity contribution >= 4 is 0 Å². The molecule has 0 aliphatic carbocycles. The first kappa shape index (κ1) is 24.1. The Morgan fingerprint density at radius 2 is 1.53 bits per heavy atom. The highest BCUT2D eigenvalue weighted by Gasteiger charge is 2.31. The van der Waals surface area contributed by atoms with E-state index in [0.29, 0.717) is 24.7 Å². The fourth-order valence-corrected chi connectivity index (χ4v) is 4.23. The molecule has 34 heavy (non-hydrogen) atoms. The maximum absolute atomic E-state index is 13.1. The van der Waals surface area contributed by atoms with Crippen LogP contribution >= 0.6 is 0 Å². The summed E-state index contributed by atoms with van der Waals surface area (Å²) in [6, 6.07) is 21.0. The highest BCUT2D eigenvalue weighted by molar-refractivity contribution is 5.46. The smallest absolute Gasteiger partial charge is 0.416 e. The fourth-order valence-electron chi connectivity index (χ4n) is 4.23. The predicted molar refractivity (Wildman–Crippen MR) is 126 cm³/mol. The normalized spacial score (nSPS) is 15.6. The van der Waals surface area contributed by atoms with Gasteiger partial charge in [0.05, 0.1) is 18.2 Å². The van der Waals surface area contributed by atoms with Crippen LogP contribution in [0.2, 0.25) is 0 Å². The molecule has 0 aromatic heterocycles. The molecule has 180 valence electrons. The number of piperazine rings is 1. The topological polar surface area (TPSA) is 33.7 Å². The Bertz CT molecular complexity index is 1050. The second-order valence-electron chi connectivity index (χ2n) is 8.22. The van der Waals surface area contributed by atoms with Crippen LogP contribution in [-0.4, -0.2) is 37.7 Å². The van der Waals surface area contributed by atoms with Gasteiger partial charge in [0.2, 0.25) is 0 Å². The lowest BCUT2D eigenvalue weighted by molar-refractivity contribution is -0.137. The molecule has 1 N–H and O–H groups in total. The Morgan fingerprint density at radius 3 is 2.18 bits per heavy atom. The Labute approximate surface area is 198 Å². The molecule has 0 bridgehead atoms. The lowest BCUT2D eigenvalue weighted by Crippen LogP contribution is -2.45. The van der Waals surface area contributed by atoms with E-state index < -0.39 is 11.7 Å². The van der Waals surface area contributed by atoms with Crippen molar-refractivity contribution in [2.75, 3.05) is 32.8 Å². The average molecular weight is 471 g/mol. The molecule has 4 rings (SSSR count). The van der Waals surface area contributed by atoms with E-state index in [2.05, 4.69) is 10.2 Å². The van der Waals surface area contributed by atoms with Crippen LogP contribution in [0.3, 0.4) is 0 Å². The van der Waals surface area contributed by atoms with E-state index in [1.54, 1.807) is 12.1 Å². The van der Waals surface area contributed by atoms with Gasteiger partial charge in [0.1, 0.15) is 6.61 Å². The summed E-state index contributed by atoms with van der Waals surface area (Å²) in [5.41, 5.74) is 2.18. The van der Waals surface area contributed by atoms with Gasteiger partial charge < -0.3 is 14.8 Å². The third-order valence-corrected chi connectivity index (χ3v) is 5.89. The number of benzene rings is 3. The molecule has 7 heteroatoms. The maximum Gasteiger partial charge on any atom is 0.416 e. The molecule has 4 nitrogen and oxygen atoms in total. The van der Waals surface area contributed by atoms with Crippen LogP contribution < -0.4 is 14.8 Å².